The summed E-state index contributed by atoms with van der Waals surface area (Å²) in [5.74, 6) is 0.0492. The molecule has 1 aromatic rings. The molecule has 1 aromatic carbocycles. The number of carbonyl (C=O) groups is 1. The van der Waals surface area contributed by atoms with Crippen LogP contribution in [0.4, 0.5) is 5.69 Å². The predicted octanol–water partition coefficient (Wildman–Crippen LogP) is 1.47. The lowest BCUT2D eigenvalue weighted by Gasteiger charge is -2.18. The highest BCUT2D eigenvalue weighted by molar-refractivity contribution is 7.80. The molecule has 0 unspecified atom stereocenters. The molecular formula is C13H15N3O4S. The van der Waals surface area contributed by atoms with E-state index in [0.29, 0.717) is 10.9 Å². The molecule has 7 nitrogen and oxygen atoms in total. The number of likely N-dealkylation sites (tertiary alicyclic amines) is 1. The summed E-state index contributed by atoms with van der Waals surface area (Å²) in [6.07, 6.45) is 2.16. The summed E-state index contributed by atoms with van der Waals surface area (Å²) >= 11 is 5.13. The van der Waals surface area contributed by atoms with Crippen LogP contribution in [-0.4, -0.2) is 40.5 Å². The number of hydrogen-bond donors (Lipinski definition) is 1. The fourth-order valence-corrected chi connectivity index (χ4v) is 2.26. The zero-order valence-corrected chi connectivity index (χ0v) is 12.1. The van der Waals surface area contributed by atoms with Gasteiger partial charge in [-0.15, -0.1) is 0 Å². The van der Waals surface area contributed by atoms with Crippen molar-refractivity contribution in [1.82, 2.24) is 10.2 Å². The summed E-state index contributed by atoms with van der Waals surface area (Å²) in [6.45, 7) is 1.54. The number of carbonyl (C=O) groups excluding carboxylic acids is 1. The number of thiocarbonyl (C=S) groups is 1. The van der Waals surface area contributed by atoms with E-state index < -0.39 is 4.92 Å². The van der Waals surface area contributed by atoms with Gasteiger partial charge in [0.25, 0.3) is 11.6 Å². The van der Waals surface area contributed by atoms with Crippen LogP contribution in [0.5, 0.6) is 5.75 Å². The molecule has 8 heteroatoms. The first kappa shape index (κ1) is 15.2. The van der Waals surface area contributed by atoms with Crippen LogP contribution in [0.25, 0.3) is 0 Å². The molecule has 1 fully saturated rings. The quantitative estimate of drug-likeness (QED) is 0.515. The minimum Gasteiger partial charge on any atom is -0.484 e. The maximum absolute atomic E-state index is 11.7. The molecule has 21 heavy (non-hydrogen) atoms. The Labute approximate surface area is 127 Å². The molecule has 0 atom stereocenters. The molecule has 0 aromatic heterocycles. The Kier molecular flexibility index (Phi) is 5.04. The highest BCUT2D eigenvalue weighted by Gasteiger charge is 2.16. The SMILES string of the molecule is O=C(COc1ccc([N+](=O)[O-])cc1)NC(=S)N1CCCC1. The van der Waals surface area contributed by atoms with E-state index in [1.807, 2.05) is 4.90 Å². The lowest BCUT2D eigenvalue weighted by molar-refractivity contribution is -0.384. The zero-order chi connectivity index (χ0) is 15.2. The van der Waals surface area contributed by atoms with Crippen molar-refractivity contribution < 1.29 is 14.5 Å². The van der Waals surface area contributed by atoms with Crippen LogP contribution in [0.1, 0.15) is 12.8 Å². The van der Waals surface area contributed by atoms with E-state index in [9.17, 15) is 14.9 Å². The van der Waals surface area contributed by atoms with Crippen molar-refractivity contribution in [2.45, 2.75) is 12.8 Å². The number of non-ortho nitro benzene ring substituents is 1. The topological polar surface area (TPSA) is 84.7 Å². The third kappa shape index (κ3) is 4.38. The number of nitro groups is 1. The minimum atomic E-state index is -0.495. The van der Waals surface area contributed by atoms with E-state index in [-0.39, 0.29) is 18.2 Å². The van der Waals surface area contributed by atoms with Gasteiger partial charge in [-0.05, 0) is 37.2 Å². The van der Waals surface area contributed by atoms with Gasteiger partial charge in [0.05, 0.1) is 4.92 Å². The van der Waals surface area contributed by atoms with E-state index in [2.05, 4.69) is 5.32 Å². The summed E-state index contributed by atoms with van der Waals surface area (Å²) in [5, 5.41) is 13.5. The first-order valence-electron chi connectivity index (χ1n) is 6.52. The van der Waals surface area contributed by atoms with E-state index in [4.69, 9.17) is 17.0 Å². The third-order valence-corrected chi connectivity index (χ3v) is 3.42. The largest absolute Gasteiger partial charge is 0.484 e. The molecule has 1 N–H and O–H groups in total. The Morgan fingerprint density at radius 1 is 1.33 bits per heavy atom. The predicted molar refractivity (Wildman–Crippen MR) is 80.1 cm³/mol. The second-order valence-electron chi connectivity index (χ2n) is 4.59. The molecule has 0 bridgehead atoms. The van der Waals surface area contributed by atoms with Crippen LogP contribution in [-0.2, 0) is 4.79 Å². The molecule has 1 heterocycles. The number of nitro benzene ring substituents is 1. The van der Waals surface area contributed by atoms with Crippen molar-refractivity contribution in [3.63, 3.8) is 0 Å². The van der Waals surface area contributed by atoms with Gasteiger partial charge < -0.3 is 15.0 Å². The summed E-state index contributed by atoms with van der Waals surface area (Å²) in [6, 6.07) is 5.54. The molecule has 1 aliphatic heterocycles. The van der Waals surface area contributed by atoms with Gasteiger partial charge in [0, 0.05) is 25.2 Å². The van der Waals surface area contributed by atoms with Gasteiger partial charge in [0.15, 0.2) is 11.7 Å². The van der Waals surface area contributed by atoms with E-state index in [0.717, 1.165) is 25.9 Å². The number of nitrogens with zero attached hydrogens (tertiary/aromatic N) is 2. The smallest absolute Gasteiger partial charge is 0.269 e. The van der Waals surface area contributed by atoms with Crippen molar-refractivity contribution in [2.75, 3.05) is 19.7 Å². The van der Waals surface area contributed by atoms with Crippen LogP contribution in [0.15, 0.2) is 24.3 Å². The van der Waals surface area contributed by atoms with Crippen LogP contribution in [0.3, 0.4) is 0 Å². The molecule has 2 rings (SSSR count). The van der Waals surface area contributed by atoms with E-state index in [1.54, 1.807) is 0 Å². The summed E-state index contributed by atoms with van der Waals surface area (Å²) in [4.78, 5) is 23.7. The number of nitrogens with one attached hydrogen (secondary N) is 1. The molecule has 0 spiro atoms. The van der Waals surface area contributed by atoms with Gasteiger partial charge in [-0.25, -0.2) is 0 Å². The molecule has 0 saturated carbocycles. The highest BCUT2D eigenvalue weighted by atomic mass is 32.1. The number of rotatable bonds is 4. The second kappa shape index (κ2) is 6.98. The Morgan fingerprint density at radius 3 is 2.52 bits per heavy atom. The first-order valence-corrected chi connectivity index (χ1v) is 6.93. The second-order valence-corrected chi connectivity index (χ2v) is 4.97. The molecular weight excluding hydrogens is 294 g/mol. The maximum atomic E-state index is 11.7. The Hall–Kier alpha value is -2.22. The average molecular weight is 309 g/mol. The molecule has 1 saturated heterocycles. The van der Waals surface area contributed by atoms with Gasteiger partial charge >= 0.3 is 0 Å². The number of hydrogen-bond acceptors (Lipinski definition) is 5. The van der Waals surface area contributed by atoms with Crippen molar-refractivity contribution >= 4 is 28.9 Å². The van der Waals surface area contributed by atoms with Crippen molar-refractivity contribution in [2.24, 2.45) is 0 Å². The maximum Gasteiger partial charge on any atom is 0.269 e. The van der Waals surface area contributed by atoms with Crippen molar-refractivity contribution in [3.8, 4) is 5.75 Å². The van der Waals surface area contributed by atoms with Crippen LogP contribution < -0.4 is 10.1 Å². The third-order valence-electron chi connectivity index (χ3n) is 3.06. The zero-order valence-electron chi connectivity index (χ0n) is 11.3. The van der Waals surface area contributed by atoms with Crippen molar-refractivity contribution in [1.29, 1.82) is 0 Å². The summed E-state index contributed by atoms with van der Waals surface area (Å²) in [7, 11) is 0. The monoisotopic (exact) mass is 309 g/mol. The Morgan fingerprint density at radius 2 is 1.95 bits per heavy atom. The normalized spacial score (nSPS) is 13.8. The van der Waals surface area contributed by atoms with E-state index >= 15 is 0 Å². The molecule has 1 aliphatic rings. The highest BCUT2D eigenvalue weighted by Crippen LogP contribution is 2.17. The fourth-order valence-electron chi connectivity index (χ4n) is 1.97. The van der Waals surface area contributed by atoms with Crippen LogP contribution >= 0.6 is 12.2 Å². The van der Waals surface area contributed by atoms with Crippen molar-refractivity contribution in [3.05, 3.63) is 34.4 Å². The summed E-state index contributed by atoms with van der Waals surface area (Å²) < 4.78 is 5.25. The summed E-state index contributed by atoms with van der Waals surface area (Å²) in [5.41, 5.74) is -0.0259. The Balaban J connectivity index is 1.78. The van der Waals surface area contributed by atoms with Gasteiger partial charge in [0.2, 0.25) is 0 Å². The molecule has 112 valence electrons. The first-order chi connectivity index (χ1) is 10.1. The Bertz CT molecular complexity index is 541. The van der Waals surface area contributed by atoms with Gasteiger partial charge in [-0.1, -0.05) is 0 Å². The lowest BCUT2D eigenvalue weighted by Crippen LogP contribution is -2.42. The number of amides is 1. The van der Waals surface area contributed by atoms with Gasteiger partial charge in [-0.2, -0.15) is 0 Å². The van der Waals surface area contributed by atoms with Crippen LogP contribution in [0, 0.1) is 10.1 Å². The average Bonchev–Trinajstić information content (AvgIpc) is 3.00. The molecule has 1 amide bonds. The van der Waals surface area contributed by atoms with Crippen LogP contribution in [0.2, 0.25) is 0 Å². The lowest BCUT2D eigenvalue weighted by atomic mass is 10.3. The molecule has 0 radical (unpaired) electrons. The van der Waals surface area contributed by atoms with Gasteiger partial charge in [-0.3, -0.25) is 14.9 Å². The molecule has 0 aliphatic carbocycles. The van der Waals surface area contributed by atoms with Gasteiger partial charge in [0.1, 0.15) is 5.75 Å². The number of ether oxygens (including phenoxy) is 1. The fraction of sp³-hybridized carbons (Fsp3) is 0.385. The minimum absolute atomic E-state index is 0.0259. The number of benzene rings is 1. The standard InChI is InChI=1S/C13H15N3O4S/c17-12(14-13(21)15-7-1-2-8-15)9-20-11-5-3-10(4-6-11)16(18)19/h3-6H,1-2,7-9H2,(H,14,17,21). The van der Waals surface area contributed by atoms with E-state index in [1.165, 1.54) is 24.3 Å².